The molecule has 1 aromatic rings. The monoisotopic (exact) mass is 223 g/mol. The summed E-state index contributed by atoms with van der Waals surface area (Å²) in [6, 6.07) is 8.49. The molecule has 15 heavy (non-hydrogen) atoms. The first-order valence-corrected chi connectivity index (χ1v) is 5.12. The van der Waals surface area contributed by atoms with Crippen LogP contribution in [0.4, 0.5) is 0 Å². The first kappa shape index (κ1) is 11.8. The third kappa shape index (κ3) is 3.42. The van der Waals surface area contributed by atoms with Crippen molar-refractivity contribution in [3.05, 3.63) is 35.9 Å². The maximum absolute atomic E-state index is 11.3. The molecule has 3 nitrogen and oxygen atoms in total. The van der Waals surface area contributed by atoms with Gasteiger partial charge in [-0.1, -0.05) is 37.3 Å². The van der Waals surface area contributed by atoms with E-state index in [1.54, 1.807) is 12.1 Å². The van der Waals surface area contributed by atoms with Crippen LogP contribution in [0.3, 0.4) is 0 Å². The molecule has 1 rings (SSSR count). The van der Waals surface area contributed by atoms with E-state index in [0.717, 1.165) is 0 Å². The second-order valence-electron chi connectivity index (χ2n) is 3.09. The van der Waals surface area contributed by atoms with Crippen LogP contribution in [0.25, 0.3) is 0 Å². The van der Waals surface area contributed by atoms with E-state index in [1.165, 1.54) is 0 Å². The molecule has 0 fully saturated rings. The smallest absolute Gasteiger partial charge is 0.329 e. The van der Waals surface area contributed by atoms with Gasteiger partial charge in [-0.2, -0.15) is 0 Å². The van der Waals surface area contributed by atoms with Gasteiger partial charge in [0.15, 0.2) is 0 Å². The Bertz CT molecular complexity index is 351. The SMILES string of the molecule is CCC(N)C(=O)OC(=S)c1ccccc1. The quantitative estimate of drug-likeness (QED) is 0.625. The largest absolute Gasteiger partial charge is 0.413 e. The normalized spacial score (nSPS) is 11.9. The number of benzene rings is 1. The van der Waals surface area contributed by atoms with Gasteiger partial charge >= 0.3 is 5.97 Å². The maximum atomic E-state index is 11.3. The molecule has 0 spiro atoms. The second-order valence-corrected chi connectivity index (χ2v) is 3.46. The number of hydrogen-bond donors (Lipinski definition) is 1. The lowest BCUT2D eigenvalue weighted by Crippen LogP contribution is -2.32. The number of nitrogens with two attached hydrogens (primary N) is 1. The van der Waals surface area contributed by atoms with Gasteiger partial charge < -0.3 is 10.5 Å². The van der Waals surface area contributed by atoms with E-state index < -0.39 is 12.0 Å². The van der Waals surface area contributed by atoms with Gasteiger partial charge in [0.25, 0.3) is 0 Å². The van der Waals surface area contributed by atoms with Crippen LogP contribution in [-0.2, 0) is 9.53 Å². The van der Waals surface area contributed by atoms with Crippen molar-refractivity contribution in [2.24, 2.45) is 5.73 Å². The molecule has 0 bridgehead atoms. The standard InChI is InChI=1S/C11H13NO2S/c1-2-9(12)10(13)14-11(15)8-6-4-3-5-7-8/h3-7,9H,2,12H2,1H3. The van der Waals surface area contributed by atoms with E-state index in [9.17, 15) is 4.79 Å². The molecule has 0 aliphatic carbocycles. The zero-order valence-electron chi connectivity index (χ0n) is 8.47. The van der Waals surface area contributed by atoms with Crippen molar-refractivity contribution in [2.45, 2.75) is 19.4 Å². The zero-order valence-corrected chi connectivity index (χ0v) is 9.29. The van der Waals surface area contributed by atoms with Crippen molar-refractivity contribution in [2.75, 3.05) is 0 Å². The molecule has 0 heterocycles. The van der Waals surface area contributed by atoms with Gasteiger partial charge in [0, 0.05) is 5.56 Å². The molecule has 0 saturated carbocycles. The molecule has 4 heteroatoms. The molecule has 1 unspecified atom stereocenters. The van der Waals surface area contributed by atoms with Crippen molar-refractivity contribution < 1.29 is 9.53 Å². The first-order valence-electron chi connectivity index (χ1n) is 4.71. The Morgan fingerprint density at radius 1 is 1.47 bits per heavy atom. The average molecular weight is 223 g/mol. The van der Waals surface area contributed by atoms with Crippen molar-refractivity contribution in [1.29, 1.82) is 0 Å². The fourth-order valence-corrected chi connectivity index (χ4v) is 1.19. The molecule has 0 aliphatic heterocycles. The topological polar surface area (TPSA) is 52.3 Å². The molecule has 0 aromatic heterocycles. The van der Waals surface area contributed by atoms with E-state index in [0.29, 0.717) is 12.0 Å². The Morgan fingerprint density at radius 3 is 2.60 bits per heavy atom. The molecule has 1 atom stereocenters. The Hall–Kier alpha value is -1.26. The van der Waals surface area contributed by atoms with Crippen LogP contribution in [0.15, 0.2) is 30.3 Å². The number of rotatable bonds is 3. The Balaban J connectivity index is 2.61. The predicted octanol–water partition coefficient (Wildman–Crippen LogP) is 1.64. The van der Waals surface area contributed by atoms with Gasteiger partial charge in [-0.05, 0) is 18.6 Å². The highest BCUT2D eigenvalue weighted by Crippen LogP contribution is 2.04. The molecule has 0 saturated heterocycles. The van der Waals surface area contributed by atoms with E-state index in [1.807, 2.05) is 25.1 Å². The Kier molecular flexibility index (Phi) is 4.39. The summed E-state index contributed by atoms with van der Waals surface area (Å²) in [6.45, 7) is 1.82. The number of hydrogen-bond acceptors (Lipinski definition) is 4. The number of ether oxygens (including phenoxy) is 1. The van der Waals surface area contributed by atoms with Gasteiger partial charge in [0.1, 0.15) is 6.04 Å². The highest BCUT2D eigenvalue weighted by atomic mass is 32.1. The van der Waals surface area contributed by atoms with Gasteiger partial charge in [-0.15, -0.1) is 0 Å². The summed E-state index contributed by atoms with van der Waals surface area (Å²) in [4.78, 5) is 11.3. The maximum Gasteiger partial charge on any atom is 0.329 e. The van der Waals surface area contributed by atoms with Gasteiger partial charge in [0.2, 0.25) is 5.05 Å². The van der Waals surface area contributed by atoms with Crippen molar-refractivity contribution in [3.63, 3.8) is 0 Å². The van der Waals surface area contributed by atoms with Crippen LogP contribution >= 0.6 is 12.2 Å². The van der Waals surface area contributed by atoms with E-state index in [4.69, 9.17) is 22.7 Å². The van der Waals surface area contributed by atoms with Crippen LogP contribution in [0, 0.1) is 0 Å². The average Bonchev–Trinajstić information content (AvgIpc) is 2.29. The molecular formula is C11H13NO2S. The van der Waals surface area contributed by atoms with Crippen LogP contribution in [0.5, 0.6) is 0 Å². The van der Waals surface area contributed by atoms with Gasteiger partial charge in [0.05, 0.1) is 0 Å². The Labute approximate surface area is 94.2 Å². The Morgan fingerprint density at radius 2 is 2.07 bits per heavy atom. The highest BCUT2D eigenvalue weighted by Gasteiger charge is 2.15. The van der Waals surface area contributed by atoms with E-state index >= 15 is 0 Å². The highest BCUT2D eigenvalue weighted by molar-refractivity contribution is 7.80. The van der Waals surface area contributed by atoms with Crippen molar-refractivity contribution in [1.82, 2.24) is 0 Å². The number of thiocarbonyl (C=S) groups is 1. The number of carbonyl (C=O) groups excluding carboxylic acids is 1. The third-order valence-corrected chi connectivity index (χ3v) is 2.26. The summed E-state index contributed by atoms with van der Waals surface area (Å²) in [5.41, 5.74) is 6.22. The molecule has 0 amide bonds. The lowest BCUT2D eigenvalue weighted by atomic mass is 10.2. The molecule has 0 radical (unpaired) electrons. The van der Waals surface area contributed by atoms with Crippen LogP contribution < -0.4 is 5.73 Å². The minimum atomic E-state index is -0.605. The minimum absolute atomic E-state index is 0.171. The molecule has 0 aliphatic rings. The fraction of sp³-hybridized carbons (Fsp3) is 0.273. The van der Waals surface area contributed by atoms with Crippen LogP contribution in [0.2, 0.25) is 0 Å². The minimum Gasteiger partial charge on any atom is -0.413 e. The van der Waals surface area contributed by atoms with Gasteiger partial charge in [-0.3, -0.25) is 0 Å². The number of carbonyl (C=O) groups is 1. The van der Waals surface area contributed by atoms with Crippen LogP contribution in [0.1, 0.15) is 18.9 Å². The van der Waals surface area contributed by atoms with E-state index in [2.05, 4.69) is 0 Å². The molecular weight excluding hydrogens is 210 g/mol. The van der Waals surface area contributed by atoms with Crippen molar-refractivity contribution in [3.8, 4) is 0 Å². The van der Waals surface area contributed by atoms with Gasteiger partial charge in [-0.25, -0.2) is 4.79 Å². The molecule has 80 valence electrons. The molecule has 2 N–H and O–H groups in total. The lowest BCUT2D eigenvalue weighted by molar-refractivity contribution is -0.136. The summed E-state index contributed by atoms with van der Waals surface area (Å²) in [5.74, 6) is -0.480. The summed E-state index contributed by atoms with van der Waals surface area (Å²) in [6.07, 6.45) is 0.538. The van der Waals surface area contributed by atoms with Crippen molar-refractivity contribution >= 4 is 23.2 Å². The summed E-state index contributed by atoms with van der Waals surface area (Å²) in [5, 5.41) is 0.171. The van der Waals surface area contributed by atoms with E-state index in [-0.39, 0.29) is 5.05 Å². The predicted molar refractivity (Wildman–Crippen MR) is 62.5 cm³/mol. The molecule has 1 aromatic carbocycles. The first-order chi connectivity index (χ1) is 7.15. The lowest BCUT2D eigenvalue weighted by Gasteiger charge is -2.09. The summed E-state index contributed by atoms with van der Waals surface area (Å²) >= 11 is 4.97. The zero-order chi connectivity index (χ0) is 11.3. The second kappa shape index (κ2) is 5.58. The number of esters is 1. The summed E-state index contributed by atoms with van der Waals surface area (Å²) in [7, 11) is 0. The fourth-order valence-electron chi connectivity index (χ4n) is 0.967. The van der Waals surface area contributed by atoms with Crippen LogP contribution in [-0.4, -0.2) is 17.1 Å². The third-order valence-electron chi connectivity index (χ3n) is 1.95. The summed E-state index contributed by atoms with van der Waals surface area (Å²) < 4.78 is 4.96.